The first-order chi connectivity index (χ1) is 6.22. The summed E-state index contributed by atoms with van der Waals surface area (Å²) in [7, 11) is 4.20. The van der Waals surface area contributed by atoms with Gasteiger partial charge in [-0.25, -0.2) is 4.79 Å². The first-order valence-corrected chi connectivity index (χ1v) is 5.28. The van der Waals surface area contributed by atoms with Crippen LogP contribution in [0.4, 0.5) is 0 Å². The fourth-order valence-corrected chi connectivity index (χ4v) is 1.97. The zero-order valence-electron chi connectivity index (χ0n) is 9.96. The van der Waals surface area contributed by atoms with Crippen molar-refractivity contribution in [1.29, 1.82) is 0 Å². The third kappa shape index (κ3) is 2.71. The van der Waals surface area contributed by atoms with Gasteiger partial charge in [-0.1, -0.05) is 0 Å². The standard InChI is InChI=1S/C11H22NO2/c1-11(2,3)14-10(13)9-7-6-8-12(9,4)5/h9H,6-8H2,1-5H3/q+1/t9-/m0/s1. The highest BCUT2D eigenvalue weighted by molar-refractivity contribution is 5.75. The first kappa shape index (κ1) is 11.5. The van der Waals surface area contributed by atoms with Crippen molar-refractivity contribution in [2.75, 3.05) is 20.6 Å². The Balaban J connectivity index is 2.62. The van der Waals surface area contributed by atoms with Gasteiger partial charge in [0.15, 0.2) is 6.04 Å². The lowest BCUT2D eigenvalue weighted by Gasteiger charge is -2.31. The molecule has 3 heteroatoms. The van der Waals surface area contributed by atoms with E-state index in [1.54, 1.807) is 0 Å². The number of likely N-dealkylation sites (tertiary alicyclic amines) is 1. The van der Waals surface area contributed by atoms with Gasteiger partial charge in [0.05, 0.1) is 20.6 Å². The number of esters is 1. The molecule has 0 aromatic heterocycles. The van der Waals surface area contributed by atoms with Crippen molar-refractivity contribution in [2.45, 2.75) is 45.3 Å². The maximum Gasteiger partial charge on any atom is 0.365 e. The van der Waals surface area contributed by atoms with E-state index in [2.05, 4.69) is 14.1 Å². The molecule has 82 valence electrons. The Bertz CT molecular complexity index is 228. The SMILES string of the molecule is CC(C)(C)OC(=O)[C@@H]1CCC[N+]1(C)C. The van der Waals surface area contributed by atoms with Crippen LogP contribution in [0.3, 0.4) is 0 Å². The summed E-state index contributed by atoms with van der Waals surface area (Å²) in [5.74, 6) is -0.0417. The van der Waals surface area contributed by atoms with Crippen molar-refractivity contribution in [1.82, 2.24) is 0 Å². The number of hydrogen-bond donors (Lipinski definition) is 0. The van der Waals surface area contributed by atoms with E-state index in [4.69, 9.17) is 4.74 Å². The van der Waals surface area contributed by atoms with Crippen LogP contribution >= 0.6 is 0 Å². The molecule has 0 N–H and O–H groups in total. The van der Waals surface area contributed by atoms with Crippen molar-refractivity contribution in [3.63, 3.8) is 0 Å². The van der Waals surface area contributed by atoms with E-state index in [0.29, 0.717) is 0 Å². The van der Waals surface area contributed by atoms with E-state index in [0.717, 1.165) is 23.9 Å². The monoisotopic (exact) mass is 200 g/mol. The molecule has 1 aliphatic heterocycles. The maximum atomic E-state index is 11.8. The average Bonchev–Trinajstić information content (AvgIpc) is 2.25. The molecule has 14 heavy (non-hydrogen) atoms. The van der Waals surface area contributed by atoms with E-state index in [1.807, 2.05) is 20.8 Å². The Labute approximate surface area is 86.6 Å². The van der Waals surface area contributed by atoms with E-state index in [9.17, 15) is 4.79 Å². The molecule has 0 aliphatic carbocycles. The summed E-state index contributed by atoms with van der Waals surface area (Å²) in [6, 6.07) is 0.0363. The Morgan fingerprint density at radius 2 is 1.93 bits per heavy atom. The van der Waals surface area contributed by atoms with Gasteiger partial charge in [0, 0.05) is 12.8 Å². The zero-order chi connectivity index (χ0) is 11.0. The minimum absolute atomic E-state index is 0.0363. The van der Waals surface area contributed by atoms with Gasteiger partial charge in [0.25, 0.3) is 0 Å². The van der Waals surface area contributed by atoms with Gasteiger partial charge in [-0.3, -0.25) is 0 Å². The fourth-order valence-electron chi connectivity index (χ4n) is 1.97. The number of quaternary nitrogens is 1. The summed E-state index contributed by atoms with van der Waals surface area (Å²) in [5, 5.41) is 0. The van der Waals surface area contributed by atoms with E-state index >= 15 is 0 Å². The summed E-state index contributed by atoms with van der Waals surface area (Å²) < 4.78 is 6.18. The molecule has 0 unspecified atom stereocenters. The molecule has 0 spiro atoms. The quantitative estimate of drug-likeness (QED) is 0.474. The maximum absolute atomic E-state index is 11.8. The minimum Gasteiger partial charge on any atom is -0.456 e. The number of hydrogen-bond acceptors (Lipinski definition) is 2. The smallest absolute Gasteiger partial charge is 0.365 e. The van der Waals surface area contributed by atoms with Crippen molar-refractivity contribution in [2.24, 2.45) is 0 Å². The van der Waals surface area contributed by atoms with E-state index in [1.165, 1.54) is 0 Å². The predicted molar refractivity (Wildman–Crippen MR) is 55.8 cm³/mol. The molecule has 0 radical (unpaired) electrons. The minimum atomic E-state index is -0.361. The van der Waals surface area contributed by atoms with Crippen LogP contribution in [0, 0.1) is 0 Å². The summed E-state index contributed by atoms with van der Waals surface area (Å²) in [4.78, 5) is 11.8. The summed E-state index contributed by atoms with van der Waals surface area (Å²) in [6.45, 7) is 6.82. The van der Waals surface area contributed by atoms with Gasteiger partial charge < -0.3 is 9.22 Å². The van der Waals surface area contributed by atoms with Gasteiger partial charge in [0.1, 0.15) is 5.60 Å². The van der Waals surface area contributed by atoms with Gasteiger partial charge in [-0.15, -0.1) is 0 Å². The number of nitrogens with zero attached hydrogens (tertiary/aromatic N) is 1. The topological polar surface area (TPSA) is 26.3 Å². The van der Waals surface area contributed by atoms with Crippen molar-refractivity contribution < 1.29 is 14.0 Å². The highest BCUT2D eigenvalue weighted by atomic mass is 16.6. The molecule has 0 aromatic carbocycles. The average molecular weight is 200 g/mol. The first-order valence-electron chi connectivity index (χ1n) is 5.28. The Morgan fingerprint density at radius 1 is 1.36 bits per heavy atom. The second-order valence-corrected chi connectivity index (χ2v) is 5.69. The number of ether oxygens (including phenoxy) is 1. The lowest BCUT2D eigenvalue weighted by atomic mass is 10.1. The summed E-state index contributed by atoms with van der Waals surface area (Å²) in [5.41, 5.74) is -0.361. The highest BCUT2D eigenvalue weighted by Crippen LogP contribution is 2.24. The zero-order valence-corrected chi connectivity index (χ0v) is 9.96. The number of carbonyl (C=O) groups is 1. The third-order valence-electron chi connectivity index (χ3n) is 2.73. The van der Waals surface area contributed by atoms with Crippen LogP contribution in [0.2, 0.25) is 0 Å². The fraction of sp³-hybridized carbons (Fsp3) is 0.909. The molecular formula is C11H22NO2+. The van der Waals surface area contributed by atoms with Crippen molar-refractivity contribution in [3.8, 4) is 0 Å². The van der Waals surface area contributed by atoms with Crippen LogP contribution in [0.15, 0.2) is 0 Å². The molecule has 1 fully saturated rings. The number of likely N-dealkylation sites (N-methyl/N-ethyl adjacent to an activating group) is 1. The lowest BCUT2D eigenvalue weighted by Crippen LogP contribution is -2.50. The van der Waals surface area contributed by atoms with Gasteiger partial charge in [0.2, 0.25) is 0 Å². The third-order valence-corrected chi connectivity index (χ3v) is 2.73. The van der Waals surface area contributed by atoms with Crippen molar-refractivity contribution in [3.05, 3.63) is 0 Å². The molecule has 1 heterocycles. The molecule has 0 bridgehead atoms. The van der Waals surface area contributed by atoms with Crippen LogP contribution in [0.5, 0.6) is 0 Å². The van der Waals surface area contributed by atoms with Crippen LogP contribution < -0.4 is 0 Å². The van der Waals surface area contributed by atoms with Crippen LogP contribution in [-0.2, 0) is 9.53 Å². The largest absolute Gasteiger partial charge is 0.456 e. The predicted octanol–water partition coefficient (Wildman–Crippen LogP) is 1.57. The molecule has 1 saturated heterocycles. The molecule has 1 atom stereocenters. The summed E-state index contributed by atoms with van der Waals surface area (Å²) in [6.07, 6.45) is 2.08. The molecule has 0 saturated carbocycles. The second-order valence-electron chi connectivity index (χ2n) is 5.69. The molecule has 0 aromatic rings. The van der Waals surface area contributed by atoms with Gasteiger partial charge in [-0.2, -0.15) is 0 Å². The van der Waals surface area contributed by atoms with E-state index in [-0.39, 0.29) is 17.6 Å². The van der Waals surface area contributed by atoms with Gasteiger partial charge >= 0.3 is 5.97 Å². The van der Waals surface area contributed by atoms with Crippen molar-refractivity contribution >= 4 is 5.97 Å². The normalized spacial score (nSPS) is 26.2. The number of rotatable bonds is 1. The van der Waals surface area contributed by atoms with Crippen LogP contribution in [-0.4, -0.2) is 42.7 Å². The van der Waals surface area contributed by atoms with Crippen LogP contribution in [0.1, 0.15) is 33.6 Å². The van der Waals surface area contributed by atoms with Gasteiger partial charge in [-0.05, 0) is 20.8 Å². The lowest BCUT2D eigenvalue weighted by molar-refractivity contribution is -0.893. The number of carbonyl (C=O) groups excluding carboxylic acids is 1. The highest BCUT2D eigenvalue weighted by Gasteiger charge is 2.41. The Morgan fingerprint density at radius 3 is 2.29 bits per heavy atom. The molecule has 3 nitrogen and oxygen atoms in total. The Kier molecular flexibility index (Phi) is 2.91. The second kappa shape index (κ2) is 3.54. The van der Waals surface area contributed by atoms with E-state index < -0.39 is 0 Å². The summed E-state index contributed by atoms with van der Waals surface area (Å²) >= 11 is 0. The van der Waals surface area contributed by atoms with Crippen LogP contribution in [0.25, 0.3) is 0 Å². The molecule has 1 rings (SSSR count). The Hall–Kier alpha value is -0.570. The molecule has 0 amide bonds. The molecular weight excluding hydrogens is 178 g/mol. The molecule has 1 aliphatic rings.